The van der Waals surface area contributed by atoms with Crippen LogP contribution in [0.5, 0.6) is 34.5 Å². The van der Waals surface area contributed by atoms with Gasteiger partial charge in [-0.2, -0.15) is 5.10 Å². The fourth-order valence-electron chi connectivity index (χ4n) is 5.66. The standard InChI is InChI=1S/C32H35N3O7/c1-17-12-18(2)30(36)21(13-17)27-26-28(34-33-27)32(37)35(11-10-19-8-9-22(38-3)23(14-19)39-4)29(26)20-15-24(40-5)31(42-7)25(16-20)41-6/h8-9,12-16,29,36H,10-11H2,1-7H3,(H,33,34). The monoisotopic (exact) mass is 573 g/mol. The van der Waals surface area contributed by atoms with E-state index in [0.717, 1.165) is 22.3 Å². The molecule has 0 aliphatic carbocycles. The van der Waals surface area contributed by atoms with Crippen molar-refractivity contribution < 1.29 is 33.6 Å². The minimum atomic E-state index is -0.560. The Labute approximate surface area is 244 Å². The number of aromatic nitrogens is 2. The van der Waals surface area contributed by atoms with E-state index in [0.29, 0.717) is 64.2 Å². The van der Waals surface area contributed by atoms with Gasteiger partial charge in [0.05, 0.1) is 41.6 Å². The van der Waals surface area contributed by atoms with Crippen LogP contribution in [0.25, 0.3) is 11.3 Å². The zero-order chi connectivity index (χ0) is 30.1. The number of carbonyl (C=O) groups is 1. The molecule has 1 atom stereocenters. The Balaban J connectivity index is 1.65. The van der Waals surface area contributed by atoms with E-state index >= 15 is 0 Å². The van der Waals surface area contributed by atoms with Gasteiger partial charge in [-0.15, -0.1) is 0 Å². The van der Waals surface area contributed by atoms with E-state index in [1.807, 2.05) is 56.3 Å². The highest BCUT2D eigenvalue weighted by Crippen LogP contribution is 2.48. The van der Waals surface area contributed by atoms with Gasteiger partial charge in [0.15, 0.2) is 23.0 Å². The van der Waals surface area contributed by atoms with Crippen LogP contribution in [0.2, 0.25) is 0 Å². The Bertz CT molecular complexity index is 1620. The van der Waals surface area contributed by atoms with E-state index in [1.54, 1.807) is 40.4 Å². The minimum Gasteiger partial charge on any atom is -0.507 e. The molecule has 10 heteroatoms. The van der Waals surface area contributed by atoms with Crippen LogP contribution in [-0.4, -0.2) is 68.2 Å². The summed E-state index contributed by atoms with van der Waals surface area (Å²) in [5.74, 6) is 2.54. The number of phenolic OH excluding ortho intramolecular Hbond substituents is 1. The molecule has 0 bridgehead atoms. The van der Waals surface area contributed by atoms with E-state index in [9.17, 15) is 9.90 Å². The highest BCUT2D eigenvalue weighted by Gasteiger charge is 2.43. The van der Waals surface area contributed by atoms with Gasteiger partial charge < -0.3 is 33.7 Å². The number of amides is 1. The maximum absolute atomic E-state index is 14.0. The number of rotatable bonds is 10. The number of methoxy groups -OCH3 is 5. The molecule has 42 heavy (non-hydrogen) atoms. The molecule has 220 valence electrons. The van der Waals surface area contributed by atoms with Gasteiger partial charge in [0.25, 0.3) is 5.91 Å². The summed E-state index contributed by atoms with van der Waals surface area (Å²) in [6.45, 7) is 4.19. The van der Waals surface area contributed by atoms with Crippen LogP contribution in [0.3, 0.4) is 0 Å². The summed E-state index contributed by atoms with van der Waals surface area (Å²) in [5, 5.41) is 18.6. The Kier molecular flexibility index (Phi) is 7.89. The number of aryl methyl sites for hydroxylation is 2. The summed E-state index contributed by atoms with van der Waals surface area (Å²) in [6.07, 6.45) is 0.550. The molecule has 1 aliphatic rings. The average molecular weight is 574 g/mol. The zero-order valence-corrected chi connectivity index (χ0v) is 24.8. The highest BCUT2D eigenvalue weighted by atomic mass is 16.5. The van der Waals surface area contributed by atoms with Gasteiger partial charge in [0.1, 0.15) is 17.1 Å². The van der Waals surface area contributed by atoms with Crippen molar-refractivity contribution in [2.24, 2.45) is 0 Å². The lowest BCUT2D eigenvalue weighted by Gasteiger charge is -2.28. The van der Waals surface area contributed by atoms with Crippen LogP contribution >= 0.6 is 0 Å². The van der Waals surface area contributed by atoms with Gasteiger partial charge >= 0.3 is 0 Å². The molecule has 0 radical (unpaired) electrons. The number of hydrogen-bond acceptors (Lipinski definition) is 8. The predicted octanol–water partition coefficient (Wildman–Crippen LogP) is 5.23. The molecule has 0 saturated carbocycles. The van der Waals surface area contributed by atoms with Crippen molar-refractivity contribution in [3.63, 3.8) is 0 Å². The average Bonchev–Trinajstić information content (AvgIpc) is 3.55. The Morgan fingerprint density at radius 3 is 2.14 bits per heavy atom. The first kappa shape index (κ1) is 28.7. The zero-order valence-electron chi connectivity index (χ0n) is 24.8. The summed E-state index contributed by atoms with van der Waals surface area (Å²) < 4.78 is 27.7. The van der Waals surface area contributed by atoms with Gasteiger partial charge in [0, 0.05) is 17.7 Å². The highest BCUT2D eigenvalue weighted by molar-refractivity contribution is 6.00. The van der Waals surface area contributed by atoms with E-state index in [4.69, 9.17) is 23.7 Å². The second-order valence-electron chi connectivity index (χ2n) is 10.1. The van der Waals surface area contributed by atoms with E-state index in [1.165, 1.54) is 0 Å². The first-order chi connectivity index (χ1) is 20.3. The van der Waals surface area contributed by atoms with E-state index < -0.39 is 6.04 Å². The third-order valence-electron chi connectivity index (χ3n) is 7.66. The van der Waals surface area contributed by atoms with Crippen LogP contribution in [0, 0.1) is 13.8 Å². The maximum Gasteiger partial charge on any atom is 0.273 e. The molecule has 5 rings (SSSR count). The molecule has 1 aromatic heterocycles. The second kappa shape index (κ2) is 11.6. The topological polar surface area (TPSA) is 115 Å². The van der Waals surface area contributed by atoms with Gasteiger partial charge in [-0.05, 0) is 72.9 Å². The van der Waals surface area contributed by atoms with Crippen molar-refractivity contribution in [2.75, 3.05) is 42.1 Å². The van der Waals surface area contributed by atoms with Crippen molar-refractivity contribution in [3.05, 3.63) is 76.0 Å². The Morgan fingerprint density at radius 1 is 0.857 bits per heavy atom. The molecule has 2 heterocycles. The van der Waals surface area contributed by atoms with Crippen molar-refractivity contribution >= 4 is 5.91 Å². The summed E-state index contributed by atoms with van der Waals surface area (Å²) in [6, 6.07) is 12.6. The van der Waals surface area contributed by atoms with Crippen LogP contribution in [0.1, 0.15) is 44.3 Å². The molecule has 0 saturated heterocycles. The maximum atomic E-state index is 14.0. The quantitative estimate of drug-likeness (QED) is 0.265. The van der Waals surface area contributed by atoms with Gasteiger partial charge in [-0.25, -0.2) is 0 Å². The van der Waals surface area contributed by atoms with Crippen molar-refractivity contribution in [3.8, 4) is 45.8 Å². The van der Waals surface area contributed by atoms with Crippen molar-refractivity contribution in [1.29, 1.82) is 0 Å². The van der Waals surface area contributed by atoms with Crippen molar-refractivity contribution in [1.82, 2.24) is 15.1 Å². The van der Waals surface area contributed by atoms with Crippen LogP contribution in [-0.2, 0) is 6.42 Å². The van der Waals surface area contributed by atoms with E-state index in [2.05, 4.69) is 10.2 Å². The molecular weight excluding hydrogens is 538 g/mol. The first-order valence-electron chi connectivity index (χ1n) is 13.5. The first-order valence-corrected chi connectivity index (χ1v) is 13.5. The number of aromatic amines is 1. The molecular formula is C32H35N3O7. The number of ether oxygens (including phenoxy) is 5. The number of nitrogens with one attached hydrogen (secondary N) is 1. The summed E-state index contributed by atoms with van der Waals surface area (Å²) in [5.41, 5.74) is 5.51. The molecule has 0 fully saturated rings. The summed E-state index contributed by atoms with van der Waals surface area (Å²) >= 11 is 0. The molecule has 4 aromatic rings. The number of aromatic hydroxyl groups is 1. The third kappa shape index (κ3) is 4.82. The normalized spacial score (nSPS) is 14.1. The number of phenols is 1. The van der Waals surface area contributed by atoms with Crippen LogP contribution < -0.4 is 23.7 Å². The molecule has 10 nitrogen and oxygen atoms in total. The van der Waals surface area contributed by atoms with Gasteiger partial charge in [-0.3, -0.25) is 9.89 Å². The molecule has 1 aliphatic heterocycles. The number of H-pyrrole nitrogens is 1. The van der Waals surface area contributed by atoms with Gasteiger partial charge in [0.2, 0.25) is 5.75 Å². The van der Waals surface area contributed by atoms with Crippen molar-refractivity contribution in [2.45, 2.75) is 26.3 Å². The fourth-order valence-corrected chi connectivity index (χ4v) is 5.66. The minimum absolute atomic E-state index is 0.120. The second-order valence-corrected chi connectivity index (χ2v) is 10.1. The fraction of sp³-hybridized carbons (Fsp3) is 0.312. The lowest BCUT2D eigenvalue weighted by Crippen LogP contribution is -2.31. The summed E-state index contributed by atoms with van der Waals surface area (Å²) in [7, 11) is 7.84. The Morgan fingerprint density at radius 2 is 1.52 bits per heavy atom. The number of hydrogen-bond donors (Lipinski definition) is 2. The lowest BCUT2D eigenvalue weighted by atomic mass is 9.93. The van der Waals surface area contributed by atoms with Gasteiger partial charge in [-0.1, -0.05) is 12.1 Å². The van der Waals surface area contributed by atoms with E-state index in [-0.39, 0.29) is 11.7 Å². The molecule has 2 N–H and O–H groups in total. The largest absolute Gasteiger partial charge is 0.507 e. The summed E-state index contributed by atoms with van der Waals surface area (Å²) in [4.78, 5) is 15.8. The smallest absolute Gasteiger partial charge is 0.273 e. The number of nitrogens with zero attached hydrogens (tertiary/aromatic N) is 2. The predicted molar refractivity (Wildman–Crippen MR) is 157 cm³/mol. The van der Waals surface area contributed by atoms with Crippen LogP contribution in [0.15, 0.2) is 42.5 Å². The molecule has 1 amide bonds. The molecule has 3 aromatic carbocycles. The SMILES string of the molecule is COc1ccc(CCN2C(=O)c3[nH]nc(-c4cc(C)cc(C)c4O)c3C2c2cc(OC)c(OC)c(OC)c2)cc1OC. The molecule has 0 spiro atoms. The number of benzene rings is 3. The number of fused-ring (bicyclic) bond motifs is 1. The third-order valence-corrected chi connectivity index (χ3v) is 7.66. The Hall–Kier alpha value is -4.86. The molecule has 1 unspecified atom stereocenters. The number of carbonyl (C=O) groups excluding carboxylic acids is 1. The van der Waals surface area contributed by atoms with Crippen LogP contribution in [0.4, 0.5) is 0 Å². The lowest BCUT2D eigenvalue weighted by molar-refractivity contribution is 0.0745.